The predicted molar refractivity (Wildman–Crippen MR) is 175 cm³/mol. The van der Waals surface area contributed by atoms with E-state index in [-0.39, 0.29) is 24.3 Å². The number of rotatable bonds is 5. The first-order valence-electron chi connectivity index (χ1n) is 16.0. The summed E-state index contributed by atoms with van der Waals surface area (Å²) in [4.78, 5) is 40.4. The van der Waals surface area contributed by atoms with Crippen molar-refractivity contribution < 1.29 is 19.1 Å². The average Bonchev–Trinajstić information content (AvgIpc) is 3.82. The normalized spacial score (nSPS) is 18.7. The Kier molecular flexibility index (Phi) is 8.35. The van der Waals surface area contributed by atoms with E-state index in [9.17, 15) is 9.59 Å². The fourth-order valence-electron chi connectivity index (χ4n) is 6.05. The number of ether oxygens (including phenoxy) is 2. The quantitative estimate of drug-likeness (QED) is 0.233. The van der Waals surface area contributed by atoms with Crippen LogP contribution in [0.5, 0.6) is 0 Å². The smallest absolute Gasteiger partial charge is 0.410 e. The summed E-state index contributed by atoms with van der Waals surface area (Å²) < 4.78 is 11.2. The van der Waals surface area contributed by atoms with Gasteiger partial charge in [0.25, 0.3) is 0 Å². The molecular formula is C35H43N7O4. The maximum absolute atomic E-state index is 12.8. The van der Waals surface area contributed by atoms with Crippen LogP contribution in [-0.2, 0) is 9.47 Å². The standard InChI is InChI=1S/C35H43N7O4/c1-34(2,3)45-32(43)41-19-7-9-27(41)30-36-21-26(37-30)24-15-11-22(12-16-24)23-13-17-25(18-14-23)29-38-31(40-39-29)28-10-8-20-42(28)33(44)46-35(4,5)6/h11-18,21,27-28H,7-10,19-20H2,1-6H3,(H,36,37)(H,38,39,40)/t27-,28-/m0/s1. The van der Waals surface area contributed by atoms with Gasteiger partial charge in [-0.2, -0.15) is 0 Å². The molecule has 0 bridgehead atoms. The van der Waals surface area contributed by atoms with E-state index in [0.717, 1.165) is 59.5 Å². The molecule has 2 fully saturated rings. The number of aromatic amines is 2. The fraction of sp³-hybridized carbons (Fsp3) is 0.457. The van der Waals surface area contributed by atoms with Gasteiger partial charge in [0, 0.05) is 18.7 Å². The second-order valence-electron chi connectivity index (χ2n) is 14.1. The van der Waals surface area contributed by atoms with Gasteiger partial charge in [0.05, 0.1) is 24.0 Å². The van der Waals surface area contributed by atoms with Crippen molar-refractivity contribution in [2.75, 3.05) is 13.1 Å². The minimum Gasteiger partial charge on any atom is -0.444 e. The molecule has 11 heteroatoms. The maximum Gasteiger partial charge on any atom is 0.410 e. The van der Waals surface area contributed by atoms with Gasteiger partial charge >= 0.3 is 12.2 Å². The Bertz CT molecular complexity index is 1550. The third-order valence-corrected chi connectivity index (χ3v) is 8.18. The number of nitrogens with one attached hydrogen (secondary N) is 2. The van der Waals surface area contributed by atoms with E-state index in [0.29, 0.717) is 24.7 Å². The van der Waals surface area contributed by atoms with Crippen molar-refractivity contribution in [3.05, 3.63) is 66.4 Å². The number of nitrogens with zero attached hydrogens (tertiary/aromatic N) is 5. The van der Waals surface area contributed by atoms with Crippen LogP contribution in [0.4, 0.5) is 9.59 Å². The predicted octanol–water partition coefficient (Wildman–Crippen LogP) is 7.67. The number of benzene rings is 2. The molecule has 0 spiro atoms. The highest BCUT2D eigenvalue weighted by Gasteiger charge is 2.36. The molecule has 11 nitrogen and oxygen atoms in total. The Labute approximate surface area is 269 Å². The van der Waals surface area contributed by atoms with Gasteiger partial charge in [-0.05, 0) is 83.9 Å². The number of likely N-dealkylation sites (tertiary alicyclic amines) is 2. The summed E-state index contributed by atoms with van der Waals surface area (Å²) in [5.41, 5.74) is 3.90. The van der Waals surface area contributed by atoms with Gasteiger partial charge in [-0.25, -0.2) is 14.6 Å². The molecule has 2 amide bonds. The van der Waals surface area contributed by atoms with E-state index in [1.54, 1.807) is 9.80 Å². The summed E-state index contributed by atoms with van der Waals surface area (Å²) in [5.74, 6) is 2.11. The zero-order valence-corrected chi connectivity index (χ0v) is 27.5. The van der Waals surface area contributed by atoms with Crippen LogP contribution in [0.2, 0.25) is 0 Å². The molecule has 2 atom stereocenters. The van der Waals surface area contributed by atoms with Crippen LogP contribution < -0.4 is 0 Å². The number of imidazole rings is 1. The lowest BCUT2D eigenvalue weighted by Crippen LogP contribution is -2.36. The molecular weight excluding hydrogens is 582 g/mol. The fourth-order valence-corrected chi connectivity index (χ4v) is 6.05. The monoisotopic (exact) mass is 625 g/mol. The first-order chi connectivity index (χ1) is 21.8. The molecule has 2 aromatic heterocycles. The molecule has 0 saturated carbocycles. The molecule has 0 aliphatic carbocycles. The molecule has 2 aromatic carbocycles. The largest absolute Gasteiger partial charge is 0.444 e. The van der Waals surface area contributed by atoms with Crippen LogP contribution in [0.25, 0.3) is 33.8 Å². The highest BCUT2D eigenvalue weighted by Crippen LogP contribution is 2.34. The van der Waals surface area contributed by atoms with Crippen LogP contribution >= 0.6 is 0 Å². The van der Waals surface area contributed by atoms with Crippen molar-refractivity contribution in [1.82, 2.24) is 34.9 Å². The van der Waals surface area contributed by atoms with Crippen molar-refractivity contribution >= 4 is 12.2 Å². The highest BCUT2D eigenvalue weighted by atomic mass is 16.6. The van der Waals surface area contributed by atoms with Crippen molar-refractivity contribution in [2.45, 2.75) is 90.5 Å². The van der Waals surface area contributed by atoms with E-state index < -0.39 is 11.2 Å². The van der Waals surface area contributed by atoms with E-state index in [4.69, 9.17) is 9.47 Å². The summed E-state index contributed by atoms with van der Waals surface area (Å²) in [6.07, 6.45) is 4.67. The van der Waals surface area contributed by atoms with Gasteiger partial charge < -0.3 is 19.4 Å². The van der Waals surface area contributed by atoms with Crippen LogP contribution in [0, 0.1) is 0 Å². The average molecular weight is 626 g/mol. The van der Waals surface area contributed by atoms with Crippen molar-refractivity contribution in [1.29, 1.82) is 0 Å². The lowest BCUT2D eigenvalue weighted by molar-refractivity contribution is 0.0208. The summed E-state index contributed by atoms with van der Waals surface area (Å²) in [6, 6.07) is 16.2. The van der Waals surface area contributed by atoms with Gasteiger partial charge in [-0.3, -0.25) is 9.80 Å². The summed E-state index contributed by atoms with van der Waals surface area (Å²) >= 11 is 0. The van der Waals surface area contributed by atoms with E-state index in [1.807, 2.05) is 59.9 Å². The van der Waals surface area contributed by atoms with E-state index in [2.05, 4.69) is 61.5 Å². The van der Waals surface area contributed by atoms with Gasteiger partial charge in [0.1, 0.15) is 17.0 Å². The second-order valence-corrected chi connectivity index (χ2v) is 14.1. The van der Waals surface area contributed by atoms with E-state index >= 15 is 0 Å². The minimum absolute atomic E-state index is 0.121. The maximum atomic E-state index is 12.8. The Morgan fingerprint density at radius 1 is 0.674 bits per heavy atom. The molecule has 6 rings (SSSR count). The Morgan fingerprint density at radius 2 is 1.15 bits per heavy atom. The number of amides is 2. The number of carbonyl (C=O) groups excluding carboxylic acids is 2. The van der Waals surface area contributed by atoms with Gasteiger partial charge in [-0.15, -0.1) is 10.2 Å². The SMILES string of the molecule is CC(C)(C)OC(=O)N1CCC[C@H]1c1ncc(-c2ccc(-c3ccc(-c4nnc([C@@H]5CCCN5C(=O)OC(C)(C)C)[nH]4)cc3)cc2)[nH]1. The molecule has 2 saturated heterocycles. The zero-order chi connectivity index (χ0) is 32.6. The summed E-state index contributed by atoms with van der Waals surface area (Å²) in [5, 5.41) is 8.77. The highest BCUT2D eigenvalue weighted by molar-refractivity contribution is 5.72. The molecule has 2 aliphatic rings. The molecule has 242 valence electrons. The van der Waals surface area contributed by atoms with Crippen molar-refractivity contribution in [2.24, 2.45) is 0 Å². The van der Waals surface area contributed by atoms with Gasteiger partial charge in [0.2, 0.25) is 0 Å². The number of hydrogen-bond donors (Lipinski definition) is 2. The molecule has 0 radical (unpaired) electrons. The van der Waals surface area contributed by atoms with E-state index in [1.165, 1.54) is 0 Å². The first kappa shape index (κ1) is 31.3. The second kappa shape index (κ2) is 12.3. The molecule has 4 heterocycles. The summed E-state index contributed by atoms with van der Waals surface area (Å²) in [6.45, 7) is 12.6. The Morgan fingerprint density at radius 3 is 1.67 bits per heavy atom. The molecule has 46 heavy (non-hydrogen) atoms. The Balaban J connectivity index is 1.11. The molecule has 2 N–H and O–H groups in total. The van der Waals surface area contributed by atoms with Gasteiger partial charge in [-0.1, -0.05) is 48.5 Å². The minimum atomic E-state index is -0.552. The third kappa shape index (κ3) is 6.93. The first-order valence-corrected chi connectivity index (χ1v) is 16.0. The number of aromatic nitrogens is 5. The number of carbonyl (C=O) groups is 2. The van der Waals surface area contributed by atoms with Crippen molar-refractivity contribution in [3.63, 3.8) is 0 Å². The zero-order valence-electron chi connectivity index (χ0n) is 27.5. The Hall–Kier alpha value is -4.67. The van der Waals surface area contributed by atoms with Crippen LogP contribution in [0.3, 0.4) is 0 Å². The summed E-state index contributed by atoms with van der Waals surface area (Å²) in [7, 11) is 0. The topological polar surface area (TPSA) is 129 Å². The molecule has 4 aromatic rings. The van der Waals surface area contributed by atoms with Crippen molar-refractivity contribution in [3.8, 4) is 33.8 Å². The molecule has 2 aliphatic heterocycles. The lowest BCUT2D eigenvalue weighted by atomic mass is 10.0. The lowest BCUT2D eigenvalue weighted by Gasteiger charge is -2.27. The van der Waals surface area contributed by atoms with Crippen LogP contribution in [-0.4, -0.2) is 71.4 Å². The molecule has 0 unspecified atom stereocenters. The van der Waals surface area contributed by atoms with Crippen LogP contribution in [0.15, 0.2) is 54.7 Å². The number of H-pyrrole nitrogens is 2. The third-order valence-electron chi connectivity index (χ3n) is 8.18. The van der Waals surface area contributed by atoms with Gasteiger partial charge in [0.15, 0.2) is 11.6 Å². The number of hydrogen-bond acceptors (Lipinski definition) is 7. The van der Waals surface area contributed by atoms with Crippen LogP contribution in [0.1, 0.15) is 91.0 Å².